The second kappa shape index (κ2) is 7.71. The van der Waals surface area contributed by atoms with E-state index in [1.807, 2.05) is 6.20 Å². The average molecular weight is 338 g/mol. The van der Waals surface area contributed by atoms with E-state index < -0.39 is 0 Å². The Morgan fingerprint density at radius 3 is 2.72 bits per heavy atom. The van der Waals surface area contributed by atoms with Crippen LogP contribution in [0.3, 0.4) is 0 Å². The highest BCUT2D eigenvalue weighted by atomic mass is 15.3. The number of hydrogen-bond acceptors (Lipinski definition) is 3. The van der Waals surface area contributed by atoms with E-state index in [0.717, 1.165) is 25.0 Å². The molecule has 1 aromatic carbocycles. The molecule has 0 aliphatic carbocycles. The van der Waals surface area contributed by atoms with Gasteiger partial charge in [-0.2, -0.15) is 5.10 Å². The number of aryl methyl sites for hydroxylation is 2. The van der Waals surface area contributed by atoms with E-state index >= 15 is 0 Å². The van der Waals surface area contributed by atoms with Gasteiger partial charge in [0.2, 0.25) is 0 Å². The molecule has 25 heavy (non-hydrogen) atoms. The van der Waals surface area contributed by atoms with Crippen LogP contribution in [-0.4, -0.2) is 51.8 Å². The molecule has 2 aromatic rings. The molecule has 2 atom stereocenters. The second-order valence-electron chi connectivity index (χ2n) is 7.91. The molecule has 0 radical (unpaired) electrons. The molecule has 3 saturated heterocycles. The molecule has 0 amide bonds. The van der Waals surface area contributed by atoms with E-state index in [1.165, 1.54) is 56.6 Å². The van der Waals surface area contributed by atoms with Crippen LogP contribution in [0, 0.1) is 12.8 Å². The first-order chi connectivity index (χ1) is 12.3. The lowest BCUT2D eigenvalue weighted by Gasteiger charge is -2.36. The zero-order valence-electron chi connectivity index (χ0n) is 15.3. The molecule has 3 aliphatic rings. The Bertz CT molecular complexity index is 666. The predicted octanol–water partition coefficient (Wildman–Crippen LogP) is 3.18. The van der Waals surface area contributed by atoms with Crippen LogP contribution in [0.1, 0.15) is 30.4 Å². The summed E-state index contributed by atoms with van der Waals surface area (Å²) >= 11 is 0. The maximum Gasteiger partial charge on any atom is 0.0518 e. The Morgan fingerprint density at radius 2 is 1.92 bits per heavy atom. The third-order valence-corrected chi connectivity index (χ3v) is 5.75. The molecule has 4 nitrogen and oxygen atoms in total. The smallest absolute Gasteiger partial charge is 0.0518 e. The SMILES string of the molecule is Cc1cnn(CCCN2C[C@H]3CC[C@@H](C2)N(Cc2ccccc2)C3)c1. The summed E-state index contributed by atoms with van der Waals surface area (Å²) in [5.41, 5.74) is 2.71. The lowest BCUT2D eigenvalue weighted by atomic mass is 9.94. The van der Waals surface area contributed by atoms with Crippen LogP contribution in [-0.2, 0) is 13.1 Å². The fourth-order valence-electron chi connectivity index (χ4n) is 4.52. The van der Waals surface area contributed by atoms with Crippen LogP contribution in [0.4, 0.5) is 0 Å². The Morgan fingerprint density at radius 1 is 1.04 bits per heavy atom. The van der Waals surface area contributed by atoms with Crippen molar-refractivity contribution in [2.45, 2.75) is 45.3 Å². The van der Waals surface area contributed by atoms with Crippen molar-refractivity contribution in [3.05, 3.63) is 53.9 Å². The monoisotopic (exact) mass is 338 g/mol. The molecule has 0 spiro atoms. The molecular weight excluding hydrogens is 308 g/mol. The fourth-order valence-corrected chi connectivity index (χ4v) is 4.52. The quantitative estimate of drug-likeness (QED) is 0.808. The van der Waals surface area contributed by atoms with Crippen molar-refractivity contribution in [2.24, 2.45) is 5.92 Å². The molecule has 4 heterocycles. The van der Waals surface area contributed by atoms with Gasteiger partial charge in [0.1, 0.15) is 0 Å². The number of fused-ring (bicyclic) bond motifs is 4. The first-order valence-corrected chi connectivity index (χ1v) is 9.75. The van der Waals surface area contributed by atoms with E-state index in [-0.39, 0.29) is 0 Å². The molecule has 5 rings (SSSR count). The number of hydrogen-bond donors (Lipinski definition) is 0. The molecule has 134 valence electrons. The van der Waals surface area contributed by atoms with Gasteiger partial charge < -0.3 is 4.90 Å². The first kappa shape index (κ1) is 16.8. The number of benzene rings is 1. The van der Waals surface area contributed by atoms with E-state index in [4.69, 9.17) is 0 Å². The zero-order chi connectivity index (χ0) is 17.1. The van der Waals surface area contributed by atoms with Gasteiger partial charge in [-0.15, -0.1) is 0 Å². The summed E-state index contributed by atoms with van der Waals surface area (Å²) in [4.78, 5) is 5.45. The number of piperidine rings is 1. The van der Waals surface area contributed by atoms with E-state index in [1.54, 1.807) is 0 Å². The van der Waals surface area contributed by atoms with Gasteiger partial charge in [-0.1, -0.05) is 30.3 Å². The van der Waals surface area contributed by atoms with Crippen molar-refractivity contribution in [1.29, 1.82) is 0 Å². The fraction of sp³-hybridized carbons (Fsp3) is 0.571. The van der Waals surface area contributed by atoms with Crippen LogP contribution in [0.2, 0.25) is 0 Å². The van der Waals surface area contributed by atoms with Crippen LogP contribution >= 0.6 is 0 Å². The number of aromatic nitrogens is 2. The van der Waals surface area contributed by atoms with Gasteiger partial charge in [0.15, 0.2) is 0 Å². The average Bonchev–Trinajstić information content (AvgIpc) is 2.84. The lowest BCUT2D eigenvalue weighted by Crippen LogP contribution is -2.43. The van der Waals surface area contributed by atoms with E-state index in [9.17, 15) is 0 Å². The van der Waals surface area contributed by atoms with Gasteiger partial charge in [-0.05, 0) is 49.8 Å². The van der Waals surface area contributed by atoms with Crippen LogP contribution in [0.15, 0.2) is 42.7 Å². The Kier molecular flexibility index (Phi) is 5.18. The Hall–Kier alpha value is -1.65. The minimum absolute atomic E-state index is 0.728. The van der Waals surface area contributed by atoms with Crippen LogP contribution in [0.25, 0.3) is 0 Å². The van der Waals surface area contributed by atoms with Crippen LogP contribution < -0.4 is 0 Å². The Labute approximate surface area is 151 Å². The van der Waals surface area contributed by atoms with Crippen molar-refractivity contribution < 1.29 is 0 Å². The summed E-state index contributed by atoms with van der Waals surface area (Å²) in [6, 6.07) is 11.7. The van der Waals surface area contributed by atoms with Crippen molar-refractivity contribution in [1.82, 2.24) is 19.6 Å². The topological polar surface area (TPSA) is 24.3 Å². The Balaban J connectivity index is 1.31. The summed E-state index contributed by atoms with van der Waals surface area (Å²) in [5.74, 6) is 0.842. The van der Waals surface area contributed by atoms with Gasteiger partial charge in [-0.3, -0.25) is 9.58 Å². The third kappa shape index (κ3) is 4.31. The maximum absolute atomic E-state index is 4.41. The van der Waals surface area contributed by atoms with Crippen LogP contribution in [0.5, 0.6) is 0 Å². The summed E-state index contributed by atoms with van der Waals surface area (Å²) in [6.07, 6.45) is 8.07. The number of nitrogens with zero attached hydrogens (tertiary/aromatic N) is 4. The zero-order valence-corrected chi connectivity index (χ0v) is 15.3. The summed E-state index contributed by atoms with van der Waals surface area (Å²) in [5, 5.41) is 4.41. The molecule has 3 aliphatic heterocycles. The minimum Gasteiger partial charge on any atom is -0.301 e. The van der Waals surface area contributed by atoms with Crippen molar-refractivity contribution in [2.75, 3.05) is 26.2 Å². The normalized spacial score (nSPS) is 24.5. The molecule has 4 heteroatoms. The predicted molar refractivity (Wildman–Crippen MR) is 101 cm³/mol. The van der Waals surface area contributed by atoms with Gasteiger partial charge in [-0.25, -0.2) is 0 Å². The van der Waals surface area contributed by atoms with Gasteiger partial charge in [0.25, 0.3) is 0 Å². The molecule has 0 unspecified atom stereocenters. The molecule has 1 aromatic heterocycles. The molecular formula is C21H30N4. The van der Waals surface area contributed by atoms with Crippen molar-refractivity contribution >= 4 is 0 Å². The maximum atomic E-state index is 4.41. The van der Waals surface area contributed by atoms with Crippen molar-refractivity contribution in [3.8, 4) is 0 Å². The highest BCUT2D eigenvalue weighted by Crippen LogP contribution is 2.29. The highest BCUT2D eigenvalue weighted by molar-refractivity contribution is 5.15. The van der Waals surface area contributed by atoms with E-state index in [0.29, 0.717) is 0 Å². The minimum atomic E-state index is 0.728. The van der Waals surface area contributed by atoms with Gasteiger partial charge in [0.05, 0.1) is 6.20 Å². The van der Waals surface area contributed by atoms with Gasteiger partial charge in [0, 0.05) is 45.0 Å². The molecule has 2 bridgehead atoms. The molecule has 0 saturated carbocycles. The first-order valence-electron chi connectivity index (χ1n) is 9.75. The van der Waals surface area contributed by atoms with E-state index in [2.05, 4.69) is 63.0 Å². The third-order valence-electron chi connectivity index (χ3n) is 5.75. The standard InChI is InChI=1S/C21H30N4/c1-18-12-22-25(13-18)11-5-10-23-14-20-8-9-21(17-23)24(16-20)15-19-6-3-2-4-7-19/h2-4,6-7,12-13,20-21H,5,8-11,14-17H2,1H3/t20-,21+/m1/s1. The summed E-state index contributed by atoms with van der Waals surface area (Å²) in [6.45, 7) is 9.24. The lowest BCUT2D eigenvalue weighted by molar-refractivity contribution is 0.123. The summed E-state index contributed by atoms with van der Waals surface area (Å²) in [7, 11) is 0. The molecule has 0 N–H and O–H groups in total. The highest BCUT2D eigenvalue weighted by Gasteiger charge is 2.34. The number of rotatable bonds is 6. The molecule has 3 fully saturated rings. The second-order valence-corrected chi connectivity index (χ2v) is 7.91. The van der Waals surface area contributed by atoms with Gasteiger partial charge >= 0.3 is 0 Å². The largest absolute Gasteiger partial charge is 0.301 e. The summed E-state index contributed by atoms with van der Waals surface area (Å²) < 4.78 is 2.09. The van der Waals surface area contributed by atoms with Crippen molar-refractivity contribution in [3.63, 3.8) is 0 Å².